The highest BCUT2D eigenvalue weighted by Gasteiger charge is 2.48. The molecular formula is C19H13F3O4. The summed E-state index contributed by atoms with van der Waals surface area (Å²) in [6.45, 7) is 1.08. The molecule has 0 aliphatic carbocycles. The first kappa shape index (κ1) is 17.7. The van der Waals surface area contributed by atoms with Gasteiger partial charge in [0, 0.05) is 10.9 Å². The molecule has 0 aliphatic heterocycles. The third-order valence-corrected chi connectivity index (χ3v) is 3.78. The quantitative estimate of drug-likeness (QED) is 0.514. The molecule has 3 aromatic rings. The summed E-state index contributed by atoms with van der Waals surface area (Å²) in [7, 11) is 0. The lowest BCUT2D eigenvalue weighted by atomic mass is 9.93. The molecule has 0 unspecified atom stereocenters. The summed E-state index contributed by atoms with van der Waals surface area (Å²) >= 11 is 0. The first-order valence-electron chi connectivity index (χ1n) is 7.73. The van der Waals surface area contributed by atoms with Crippen molar-refractivity contribution in [2.45, 2.75) is 12.8 Å². The van der Waals surface area contributed by atoms with Crippen molar-refractivity contribution in [3.05, 3.63) is 70.3 Å². The summed E-state index contributed by atoms with van der Waals surface area (Å²) in [5.41, 5.74) is -2.69. The molecule has 1 aromatic heterocycles. The highest BCUT2D eigenvalue weighted by Crippen LogP contribution is 2.39. The van der Waals surface area contributed by atoms with Crippen LogP contribution in [0.2, 0.25) is 0 Å². The van der Waals surface area contributed by atoms with Crippen LogP contribution in [0.15, 0.2) is 57.7 Å². The molecule has 134 valence electrons. The van der Waals surface area contributed by atoms with Gasteiger partial charge in [-0.2, -0.15) is 8.78 Å². The smallest absolute Gasteiger partial charge is 0.382 e. The van der Waals surface area contributed by atoms with Crippen LogP contribution < -0.4 is 5.63 Å². The largest absolute Gasteiger partial charge is 0.461 e. The van der Waals surface area contributed by atoms with E-state index in [-0.39, 0.29) is 28.7 Å². The summed E-state index contributed by atoms with van der Waals surface area (Å²) in [5.74, 6) is -6.84. The molecule has 0 bridgehead atoms. The number of hydrogen-bond donors (Lipinski definition) is 0. The molecule has 0 N–H and O–H groups in total. The number of esters is 1. The molecule has 0 atom stereocenters. The summed E-state index contributed by atoms with van der Waals surface area (Å²) in [6, 6.07) is 10.9. The lowest BCUT2D eigenvalue weighted by Gasteiger charge is -2.18. The van der Waals surface area contributed by atoms with Crippen molar-refractivity contribution in [1.82, 2.24) is 0 Å². The normalized spacial score (nSPS) is 11.5. The molecule has 0 saturated carbocycles. The fraction of sp³-hybridized carbons (Fsp3) is 0.158. The molecule has 0 radical (unpaired) electrons. The van der Waals surface area contributed by atoms with Crippen LogP contribution in [0.4, 0.5) is 13.2 Å². The van der Waals surface area contributed by atoms with E-state index in [0.717, 1.165) is 12.1 Å². The van der Waals surface area contributed by atoms with Crippen LogP contribution in [0, 0.1) is 5.82 Å². The maximum absolute atomic E-state index is 14.7. The number of halogens is 3. The second-order valence-electron chi connectivity index (χ2n) is 5.44. The number of carbonyl (C=O) groups excluding carboxylic acids is 1. The minimum Gasteiger partial charge on any atom is -0.461 e. The Morgan fingerprint density at radius 3 is 2.50 bits per heavy atom. The fourth-order valence-corrected chi connectivity index (χ4v) is 2.69. The van der Waals surface area contributed by atoms with Gasteiger partial charge in [0.25, 0.3) is 0 Å². The Balaban J connectivity index is 2.44. The summed E-state index contributed by atoms with van der Waals surface area (Å²) in [5, 5.41) is -0.0465. The van der Waals surface area contributed by atoms with Crippen molar-refractivity contribution in [2.24, 2.45) is 0 Å². The molecular weight excluding hydrogens is 349 g/mol. The minimum atomic E-state index is -4.26. The van der Waals surface area contributed by atoms with E-state index in [1.54, 1.807) is 18.2 Å². The third kappa shape index (κ3) is 2.96. The third-order valence-electron chi connectivity index (χ3n) is 3.78. The van der Waals surface area contributed by atoms with Crippen LogP contribution in [-0.2, 0) is 15.5 Å². The van der Waals surface area contributed by atoms with Crippen molar-refractivity contribution in [2.75, 3.05) is 6.61 Å². The Hall–Kier alpha value is -3.09. The van der Waals surface area contributed by atoms with Crippen LogP contribution in [0.5, 0.6) is 0 Å². The average Bonchev–Trinajstić information content (AvgIpc) is 2.61. The SMILES string of the molecule is CCOC(=O)C(F)(F)c1c(-c2ccccc2)c2cc(F)ccc2oc1=O. The Morgan fingerprint density at radius 1 is 1.15 bits per heavy atom. The van der Waals surface area contributed by atoms with Crippen LogP contribution in [0.3, 0.4) is 0 Å². The van der Waals surface area contributed by atoms with Gasteiger partial charge in [-0.15, -0.1) is 0 Å². The summed E-state index contributed by atoms with van der Waals surface area (Å²) in [6.07, 6.45) is 0. The van der Waals surface area contributed by atoms with Crippen LogP contribution in [-0.4, -0.2) is 12.6 Å². The lowest BCUT2D eigenvalue weighted by Crippen LogP contribution is -2.34. The molecule has 4 nitrogen and oxygen atoms in total. The molecule has 1 heterocycles. The van der Waals surface area contributed by atoms with E-state index in [1.165, 1.54) is 25.1 Å². The maximum atomic E-state index is 14.7. The van der Waals surface area contributed by atoms with Gasteiger partial charge in [0.05, 0.1) is 6.61 Å². The van der Waals surface area contributed by atoms with Gasteiger partial charge in [-0.3, -0.25) is 0 Å². The number of carbonyl (C=O) groups is 1. The maximum Gasteiger partial charge on any atom is 0.382 e. The van der Waals surface area contributed by atoms with Gasteiger partial charge in [0.2, 0.25) is 0 Å². The highest BCUT2D eigenvalue weighted by atomic mass is 19.3. The van der Waals surface area contributed by atoms with Crippen molar-refractivity contribution >= 4 is 16.9 Å². The number of benzene rings is 2. The predicted octanol–water partition coefficient (Wildman–Crippen LogP) is 4.25. The van der Waals surface area contributed by atoms with Crippen molar-refractivity contribution in [1.29, 1.82) is 0 Å². The summed E-state index contributed by atoms with van der Waals surface area (Å²) < 4.78 is 52.5. The first-order chi connectivity index (χ1) is 12.4. The van der Waals surface area contributed by atoms with E-state index < -0.39 is 28.9 Å². The second kappa shape index (κ2) is 6.67. The van der Waals surface area contributed by atoms with Crippen molar-refractivity contribution in [3.63, 3.8) is 0 Å². The van der Waals surface area contributed by atoms with Gasteiger partial charge in [-0.05, 0) is 30.7 Å². The Morgan fingerprint density at radius 2 is 1.85 bits per heavy atom. The molecule has 0 amide bonds. The topological polar surface area (TPSA) is 56.5 Å². The zero-order valence-electron chi connectivity index (χ0n) is 13.6. The first-order valence-corrected chi connectivity index (χ1v) is 7.73. The van der Waals surface area contributed by atoms with Crippen molar-refractivity contribution < 1.29 is 27.1 Å². The Labute approximate surface area is 145 Å². The number of rotatable bonds is 4. The highest BCUT2D eigenvalue weighted by molar-refractivity contribution is 5.97. The molecule has 26 heavy (non-hydrogen) atoms. The number of fused-ring (bicyclic) bond motifs is 1. The standard InChI is InChI=1S/C19H13F3O4/c1-2-25-18(24)19(21,22)16-15(11-6-4-3-5-7-11)13-10-12(20)8-9-14(13)26-17(16)23/h3-10H,2H2,1H3. The van der Waals surface area contributed by atoms with Gasteiger partial charge in [0.1, 0.15) is 17.0 Å². The summed E-state index contributed by atoms with van der Waals surface area (Å²) in [4.78, 5) is 24.1. The number of alkyl halides is 2. The van der Waals surface area contributed by atoms with E-state index in [2.05, 4.69) is 4.74 Å². The molecule has 7 heteroatoms. The van der Waals surface area contributed by atoms with Gasteiger partial charge in [0.15, 0.2) is 0 Å². The van der Waals surface area contributed by atoms with Gasteiger partial charge in [-0.1, -0.05) is 30.3 Å². The molecule has 0 spiro atoms. The molecule has 0 fully saturated rings. The monoisotopic (exact) mass is 362 g/mol. The Bertz CT molecular complexity index is 1030. The van der Waals surface area contributed by atoms with Gasteiger partial charge < -0.3 is 9.15 Å². The van der Waals surface area contributed by atoms with Crippen molar-refractivity contribution in [3.8, 4) is 11.1 Å². The molecule has 3 rings (SSSR count). The van der Waals surface area contributed by atoms with Crippen LogP contribution >= 0.6 is 0 Å². The lowest BCUT2D eigenvalue weighted by molar-refractivity contribution is -0.173. The van der Waals surface area contributed by atoms with Crippen LogP contribution in [0.25, 0.3) is 22.1 Å². The van der Waals surface area contributed by atoms with E-state index in [9.17, 15) is 22.8 Å². The van der Waals surface area contributed by atoms with Gasteiger partial charge in [-0.25, -0.2) is 14.0 Å². The second-order valence-corrected chi connectivity index (χ2v) is 5.44. The average molecular weight is 362 g/mol. The van der Waals surface area contributed by atoms with E-state index in [1.807, 2.05) is 0 Å². The zero-order chi connectivity index (χ0) is 18.9. The zero-order valence-corrected chi connectivity index (χ0v) is 13.6. The minimum absolute atomic E-state index is 0.0465. The number of ether oxygens (including phenoxy) is 1. The number of hydrogen-bond acceptors (Lipinski definition) is 4. The van der Waals surface area contributed by atoms with E-state index in [4.69, 9.17) is 4.42 Å². The van der Waals surface area contributed by atoms with Gasteiger partial charge >= 0.3 is 17.5 Å². The van der Waals surface area contributed by atoms with E-state index >= 15 is 0 Å². The molecule has 0 aliphatic rings. The van der Waals surface area contributed by atoms with Crippen LogP contribution in [0.1, 0.15) is 12.5 Å². The fourth-order valence-electron chi connectivity index (χ4n) is 2.69. The van der Waals surface area contributed by atoms with E-state index in [0.29, 0.717) is 0 Å². The molecule has 0 saturated heterocycles. The predicted molar refractivity (Wildman–Crippen MR) is 88.4 cm³/mol. The molecule has 2 aromatic carbocycles. The Kier molecular flexibility index (Phi) is 4.54.